The number of amides is 2. The quantitative estimate of drug-likeness (QED) is 0.646. The Balaban J connectivity index is 1.72. The first-order valence-electron chi connectivity index (χ1n) is 8.51. The molecule has 0 aliphatic carbocycles. The Bertz CT molecular complexity index is 1070. The standard InChI is InChI=1S/C20H18ClN3O3S/c1-13(25)22-10-16-7-8-18(28-16)20(27)23-15-6-9-19(26)24(12-15)11-14-4-2-3-5-17(14)21/h2-9,12H,10-11H2,1H3,(H,22,25)(H,23,27). The zero-order chi connectivity index (χ0) is 20.1. The fraction of sp³-hybridized carbons (Fsp3) is 0.150. The van der Waals surface area contributed by atoms with Gasteiger partial charge in [0, 0.05) is 29.1 Å². The Labute approximate surface area is 170 Å². The molecule has 3 rings (SSSR count). The summed E-state index contributed by atoms with van der Waals surface area (Å²) in [7, 11) is 0. The molecule has 2 N–H and O–H groups in total. The normalized spacial score (nSPS) is 10.5. The van der Waals surface area contributed by atoms with Crippen molar-refractivity contribution in [3.8, 4) is 0 Å². The molecule has 0 fully saturated rings. The lowest BCUT2D eigenvalue weighted by Crippen LogP contribution is -2.21. The van der Waals surface area contributed by atoms with Crippen molar-refractivity contribution in [1.29, 1.82) is 0 Å². The summed E-state index contributed by atoms with van der Waals surface area (Å²) in [6, 6.07) is 13.8. The average molecular weight is 416 g/mol. The van der Waals surface area contributed by atoms with E-state index in [1.165, 1.54) is 28.9 Å². The van der Waals surface area contributed by atoms with Gasteiger partial charge in [0.05, 0.1) is 23.7 Å². The number of pyridine rings is 1. The third-order valence-corrected chi connectivity index (χ3v) is 5.39. The van der Waals surface area contributed by atoms with E-state index in [1.54, 1.807) is 30.5 Å². The molecule has 0 aliphatic rings. The number of hydrogen-bond donors (Lipinski definition) is 2. The molecule has 0 saturated carbocycles. The average Bonchev–Trinajstić information content (AvgIpc) is 3.14. The smallest absolute Gasteiger partial charge is 0.265 e. The van der Waals surface area contributed by atoms with E-state index in [-0.39, 0.29) is 17.4 Å². The van der Waals surface area contributed by atoms with Crippen LogP contribution in [-0.2, 0) is 17.9 Å². The van der Waals surface area contributed by atoms with Crippen molar-refractivity contribution in [1.82, 2.24) is 9.88 Å². The Morgan fingerprint density at radius 1 is 1.11 bits per heavy atom. The summed E-state index contributed by atoms with van der Waals surface area (Å²) in [5.41, 5.74) is 1.13. The lowest BCUT2D eigenvalue weighted by Gasteiger charge is -2.10. The molecule has 6 nitrogen and oxygen atoms in total. The minimum Gasteiger partial charge on any atom is -0.351 e. The van der Waals surface area contributed by atoms with Crippen LogP contribution in [0.4, 0.5) is 5.69 Å². The number of nitrogens with zero attached hydrogens (tertiary/aromatic N) is 1. The Morgan fingerprint density at radius 3 is 2.64 bits per heavy atom. The minimum absolute atomic E-state index is 0.125. The van der Waals surface area contributed by atoms with Crippen LogP contribution in [0.25, 0.3) is 0 Å². The van der Waals surface area contributed by atoms with Crippen LogP contribution in [0.15, 0.2) is 59.5 Å². The maximum absolute atomic E-state index is 12.5. The highest BCUT2D eigenvalue weighted by atomic mass is 35.5. The van der Waals surface area contributed by atoms with Crippen molar-refractivity contribution >= 4 is 40.4 Å². The van der Waals surface area contributed by atoms with Crippen molar-refractivity contribution in [2.24, 2.45) is 0 Å². The van der Waals surface area contributed by atoms with E-state index in [4.69, 9.17) is 11.6 Å². The molecule has 2 heterocycles. The Morgan fingerprint density at radius 2 is 1.89 bits per heavy atom. The molecule has 0 spiro atoms. The van der Waals surface area contributed by atoms with Gasteiger partial charge < -0.3 is 15.2 Å². The molecular formula is C20H18ClN3O3S. The van der Waals surface area contributed by atoms with Gasteiger partial charge in [-0.3, -0.25) is 14.4 Å². The number of carbonyl (C=O) groups is 2. The van der Waals surface area contributed by atoms with Gasteiger partial charge in [0.2, 0.25) is 5.91 Å². The van der Waals surface area contributed by atoms with E-state index < -0.39 is 0 Å². The van der Waals surface area contributed by atoms with Gasteiger partial charge in [0.15, 0.2) is 0 Å². The summed E-state index contributed by atoms with van der Waals surface area (Å²) in [6.45, 7) is 2.14. The fourth-order valence-electron chi connectivity index (χ4n) is 2.54. The molecular weight excluding hydrogens is 398 g/mol. The third kappa shape index (κ3) is 5.09. The van der Waals surface area contributed by atoms with E-state index in [0.717, 1.165) is 10.4 Å². The second-order valence-electron chi connectivity index (χ2n) is 6.11. The number of hydrogen-bond acceptors (Lipinski definition) is 4. The zero-order valence-electron chi connectivity index (χ0n) is 15.1. The van der Waals surface area contributed by atoms with Crippen LogP contribution in [0.1, 0.15) is 27.0 Å². The molecule has 2 aromatic heterocycles. The number of carbonyl (C=O) groups excluding carboxylic acids is 2. The predicted molar refractivity (Wildman–Crippen MR) is 111 cm³/mol. The number of thiophene rings is 1. The third-order valence-electron chi connectivity index (χ3n) is 3.94. The summed E-state index contributed by atoms with van der Waals surface area (Å²) in [5, 5.41) is 6.07. The van der Waals surface area contributed by atoms with Gasteiger partial charge in [0.25, 0.3) is 11.5 Å². The summed E-state index contributed by atoms with van der Waals surface area (Å²) >= 11 is 7.47. The van der Waals surface area contributed by atoms with Crippen molar-refractivity contribution in [2.75, 3.05) is 5.32 Å². The molecule has 144 valence electrons. The van der Waals surface area contributed by atoms with Gasteiger partial charge in [-0.2, -0.15) is 0 Å². The van der Waals surface area contributed by atoms with Crippen molar-refractivity contribution < 1.29 is 9.59 Å². The number of halogens is 1. The lowest BCUT2D eigenvalue weighted by atomic mass is 10.2. The molecule has 0 radical (unpaired) electrons. The van der Waals surface area contributed by atoms with Crippen LogP contribution in [0.3, 0.4) is 0 Å². The second kappa shape index (κ2) is 8.86. The summed E-state index contributed by atoms with van der Waals surface area (Å²) in [6.07, 6.45) is 1.59. The predicted octanol–water partition coefficient (Wildman–Crippen LogP) is 3.50. The van der Waals surface area contributed by atoms with Crippen LogP contribution in [0.2, 0.25) is 5.02 Å². The van der Waals surface area contributed by atoms with E-state index in [1.807, 2.05) is 18.2 Å². The SMILES string of the molecule is CC(=O)NCc1ccc(C(=O)Nc2ccc(=O)n(Cc3ccccc3Cl)c2)s1. The van der Waals surface area contributed by atoms with Crippen molar-refractivity contribution in [2.45, 2.75) is 20.0 Å². The van der Waals surface area contributed by atoms with Crippen LogP contribution in [-0.4, -0.2) is 16.4 Å². The molecule has 28 heavy (non-hydrogen) atoms. The first-order valence-corrected chi connectivity index (χ1v) is 9.70. The summed E-state index contributed by atoms with van der Waals surface area (Å²) < 4.78 is 1.49. The molecule has 0 unspecified atom stereocenters. The number of nitrogens with one attached hydrogen (secondary N) is 2. The first-order chi connectivity index (χ1) is 13.4. The second-order valence-corrected chi connectivity index (χ2v) is 7.68. The number of aromatic nitrogens is 1. The molecule has 0 saturated heterocycles. The van der Waals surface area contributed by atoms with Crippen molar-refractivity contribution in [3.63, 3.8) is 0 Å². The Hall–Kier alpha value is -2.90. The van der Waals surface area contributed by atoms with Crippen molar-refractivity contribution in [3.05, 3.63) is 85.4 Å². The maximum atomic E-state index is 12.5. The first kappa shape index (κ1) is 19.9. The van der Waals surface area contributed by atoms with Crippen LogP contribution < -0.4 is 16.2 Å². The zero-order valence-corrected chi connectivity index (χ0v) is 16.6. The van der Waals surface area contributed by atoms with E-state index in [0.29, 0.717) is 28.7 Å². The molecule has 2 amide bonds. The topological polar surface area (TPSA) is 80.2 Å². The van der Waals surface area contributed by atoms with Gasteiger partial charge in [-0.25, -0.2) is 0 Å². The molecule has 0 atom stereocenters. The van der Waals surface area contributed by atoms with Gasteiger partial charge in [0.1, 0.15) is 0 Å². The van der Waals surface area contributed by atoms with Gasteiger partial charge in [-0.15, -0.1) is 11.3 Å². The van der Waals surface area contributed by atoms with E-state index in [9.17, 15) is 14.4 Å². The number of benzene rings is 1. The maximum Gasteiger partial charge on any atom is 0.265 e. The Kier molecular flexibility index (Phi) is 6.28. The molecule has 8 heteroatoms. The van der Waals surface area contributed by atoms with Crippen LogP contribution >= 0.6 is 22.9 Å². The number of rotatable bonds is 6. The fourth-order valence-corrected chi connectivity index (χ4v) is 3.58. The highest BCUT2D eigenvalue weighted by Crippen LogP contribution is 2.19. The monoisotopic (exact) mass is 415 g/mol. The highest BCUT2D eigenvalue weighted by molar-refractivity contribution is 7.14. The van der Waals surface area contributed by atoms with Gasteiger partial charge in [-0.05, 0) is 29.8 Å². The summed E-state index contributed by atoms with van der Waals surface area (Å²) in [4.78, 5) is 37.0. The van der Waals surface area contributed by atoms with Gasteiger partial charge in [-0.1, -0.05) is 29.8 Å². The molecule has 3 aromatic rings. The lowest BCUT2D eigenvalue weighted by molar-refractivity contribution is -0.119. The van der Waals surface area contributed by atoms with Gasteiger partial charge >= 0.3 is 0 Å². The van der Waals surface area contributed by atoms with E-state index in [2.05, 4.69) is 10.6 Å². The minimum atomic E-state index is -0.276. The summed E-state index contributed by atoms with van der Waals surface area (Å²) in [5.74, 6) is -0.401. The largest absolute Gasteiger partial charge is 0.351 e. The molecule has 0 aliphatic heterocycles. The highest BCUT2D eigenvalue weighted by Gasteiger charge is 2.11. The number of anilines is 1. The molecule has 0 bridgehead atoms. The van der Waals surface area contributed by atoms with Crippen LogP contribution in [0, 0.1) is 0 Å². The van der Waals surface area contributed by atoms with E-state index >= 15 is 0 Å². The van der Waals surface area contributed by atoms with Crippen LogP contribution in [0.5, 0.6) is 0 Å². The molecule has 1 aromatic carbocycles.